The normalized spacial score (nSPS) is 23.0. The molecule has 7 unspecified atom stereocenters. The molecule has 1 amide bonds. The number of hydrogen-bond acceptors (Lipinski definition) is 8. The molecule has 51 heavy (non-hydrogen) atoms. The minimum atomic E-state index is -1.58. The molecule has 6 N–H and O–H groups in total. The van der Waals surface area contributed by atoms with Gasteiger partial charge in [0.05, 0.1) is 25.4 Å². The lowest BCUT2D eigenvalue weighted by molar-refractivity contribution is -0.302. The van der Waals surface area contributed by atoms with Crippen LogP contribution in [0.1, 0.15) is 117 Å². The number of ether oxygens (including phenoxy) is 2. The van der Waals surface area contributed by atoms with Crippen molar-refractivity contribution in [1.82, 2.24) is 5.32 Å². The number of aliphatic hydroxyl groups excluding tert-OH is 5. The van der Waals surface area contributed by atoms with Gasteiger partial charge in [-0.1, -0.05) is 118 Å². The molecular formula is C42H69NO8. The van der Waals surface area contributed by atoms with E-state index < -0.39 is 49.5 Å². The third-order valence-corrected chi connectivity index (χ3v) is 8.45. The molecular weight excluding hydrogens is 646 g/mol. The lowest BCUT2D eigenvalue weighted by atomic mass is 9.99. The van der Waals surface area contributed by atoms with Crippen molar-refractivity contribution in [3.8, 4) is 0 Å². The topological polar surface area (TPSA) is 149 Å². The number of allylic oxidation sites excluding steroid dienone is 13. The van der Waals surface area contributed by atoms with E-state index in [1.807, 2.05) is 6.08 Å². The average Bonchev–Trinajstić information content (AvgIpc) is 3.13. The van der Waals surface area contributed by atoms with Crippen molar-refractivity contribution in [2.75, 3.05) is 13.2 Å². The first-order valence-corrected chi connectivity index (χ1v) is 19.3. The molecule has 1 aliphatic rings. The Kier molecular flexibility index (Phi) is 29.2. The van der Waals surface area contributed by atoms with Gasteiger partial charge in [0, 0.05) is 6.42 Å². The Morgan fingerprint density at radius 3 is 1.84 bits per heavy atom. The number of carbonyl (C=O) groups excluding carboxylic acids is 1. The summed E-state index contributed by atoms with van der Waals surface area (Å²) in [7, 11) is 0. The summed E-state index contributed by atoms with van der Waals surface area (Å²) in [5.74, 6) is -0.227. The van der Waals surface area contributed by atoms with Crippen LogP contribution in [-0.2, 0) is 14.3 Å². The first kappa shape index (κ1) is 46.4. The number of carbonyl (C=O) groups is 1. The molecule has 290 valence electrons. The fourth-order valence-electron chi connectivity index (χ4n) is 5.31. The number of hydrogen-bond donors (Lipinski definition) is 6. The molecule has 0 aliphatic carbocycles. The van der Waals surface area contributed by atoms with Crippen molar-refractivity contribution in [2.45, 2.75) is 159 Å². The minimum absolute atomic E-state index is 0.221. The van der Waals surface area contributed by atoms with Gasteiger partial charge in [0.15, 0.2) is 6.29 Å². The Bertz CT molecular complexity index is 1060. The quantitative estimate of drug-likeness (QED) is 0.0365. The van der Waals surface area contributed by atoms with Gasteiger partial charge < -0.3 is 40.3 Å². The molecule has 0 radical (unpaired) electrons. The monoisotopic (exact) mass is 716 g/mol. The van der Waals surface area contributed by atoms with Gasteiger partial charge in [-0.15, -0.1) is 0 Å². The average molecular weight is 716 g/mol. The van der Waals surface area contributed by atoms with Gasteiger partial charge in [-0.25, -0.2) is 0 Å². The zero-order chi connectivity index (χ0) is 37.4. The maximum atomic E-state index is 12.8. The Hall–Kier alpha value is -2.63. The molecule has 9 heteroatoms. The SMILES string of the molecule is CC/C=C\C/C=C\C/C=C\C/C=C\C/C=C\CCCCCC(=O)NC(COC1OC(CO)C(O)C(O)C1O)C(O)/C=C/CC/C=C/CCCCC. The molecule has 1 heterocycles. The van der Waals surface area contributed by atoms with Crippen molar-refractivity contribution in [1.29, 1.82) is 0 Å². The van der Waals surface area contributed by atoms with Crippen LogP contribution in [0.5, 0.6) is 0 Å². The molecule has 1 rings (SSSR count). The maximum Gasteiger partial charge on any atom is 0.220 e. The van der Waals surface area contributed by atoms with Crippen molar-refractivity contribution < 1.29 is 39.8 Å². The number of unbranched alkanes of at least 4 members (excludes halogenated alkanes) is 7. The van der Waals surface area contributed by atoms with E-state index in [4.69, 9.17) is 9.47 Å². The molecule has 0 spiro atoms. The van der Waals surface area contributed by atoms with Gasteiger partial charge >= 0.3 is 0 Å². The Labute approximate surface area is 308 Å². The summed E-state index contributed by atoms with van der Waals surface area (Å²) in [5, 5.41) is 53.8. The fourth-order valence-corrected chi connectivity index (χ4v) is 5.31. The van der Waals surface area contributed by atoms with Crippen molar-refractivity contribution >= 4 is 5.91 Å². The van der Waals surface area contributed by atoms with E-state index in [1.165, 1.54) is 19.3 Å². The van der Waals surface area contributed by atoms with Crippen LogP contribution in [0.2, 0.25) is 0 Å². The van der Waals surface area contributed by atoms with Gasteiger partial charge in [-0.3, -0.25) is 4.79 Å². The highest BCUT2D eigenvalue weighted by atomic mass is 16.7. The second kappa shape index (κ2) is 32.1. The highest BCUT2D eigenvalue weighted by Gasteiger charge is 2.44. The number of nitrogens with one attached hydrogen (secondary N) is 1. The van der Waals surface area contributed by atoms with E-state index >= 15 is 0 Å². The van der Waals surface area contributed by atoms with Crippen LogP contribution >= 0.6 is 0 Å². The van der Waals surface area contributed by atoms with Crippen molar-refractivity contribution in [2.24, 2.45) is 0 Å². The van der Waals surface area contributed by atoms with Gasteiger partial charge in [-0.05, 0) is 77.0 Å². The predicted octanol–water partition coefficient (Wildman–Crippen LogP) is 6.82. The van der Waals surface area contributed by atoms with E-state index in [0.29, 0.717) is 12.8 Å². The predicted molar refractivity (Wildman–Crippen MR) is 207 cm³/mol. The van der Waals surface area contributed by atoms with Crippen LogP contribution in [0.3, 0.4) is 0 Å². The first-order valence-electron chi connectivity index (χ1n) is 19.3. The van der Waals surface area contributed by atoms with Crippen LogP contribution in [-0.4, -0.2) is 87.5 Å². The standard InChI is InChI=1S/C42H69NO8/c1-3-5-7-9-11-13-14-15-16-17-18-19-20-21-22-24-26-28-30-32-38(46)43-35(36(45)31-29-27-25-23-12-10-8-6-4-2)34-50-42-41(49)40(48)39(47)37(33-44)51-42/h5,7,11-13,15-16,18-19,21-23,29,31,35-37,39-42,44-45,47-49H,3-4,6,8-10,14,17,20,24-28,30,32-34H2,1-2H3,(H,43,46)/b7-5-,13-11-,16-15-,19-18-,22-21-,23-12+,31-29+. The molecule has 9 nitrogen and oxygen atoms in total. The van der Waals surface area contributed by atoms with Crippen LogP contribution in [0, 0.1) is 0 Å². The smallest absolute Gasteiger partial charge is 0.220 e. The van der Waals surface area contributed by atoms with Crippen molar-refractivity contribution in [3.05, 3.63) is 85.1 Å². The highest BCUT2D eigenvalue weighted by Crippen LogP contribution is 2.22. The minimum Gasteiger partial charge on any atom is -0.394 e. The van der Waals surface area contributed by atoms with Crippen LogP contribution in [0.15, 0.2) is 85.1 Å². The second-order valence-corrected chi connectivity index (χ2v) is 13.0. The molecule has 1 aliphatic heterocycles. The van der Waals surface area contributed by atoms with E-state index in [1.54, 1.807) is 6.08 Å². The maximum absolute atomic E-state index is 12.8. The number of rotatable bonds is 29. The molecule has 0 aromatic rings. The van der Waals surface area contributed by atoms with E-state index in [0.717, 1.165) is 70.6 Å². The van der Waals surface area contributed by atoms with E-state index in [9.17, 15) is 30.3 Å². The molecule has 0 aromatic heterocycles. The zero-order valence-corrected chi connectivity index (χ0v) is 31.3. The summed E-state index contributed by atoms with van der Waals surface area (Å²) in [6.07, 6.45) is 36.4. The number of amides is 1. The molecule has 7 atom stereocenters. The Morgan fingerprint density at radius 2 is 1.24 bits per heavy atom. The highest BCUT2D eigenvalue weighted by molar-refractivity contribution is 5.76. The van der Waals surface area contributed by atoms with Gasteiger partial charge in [0.25, 0.3) is 0 Å². The van der Waals surface area contributed by atoms with Crippen LogP contribution in [0.25, 0.3) is 0 Å². The van der Waals surface area contributed by atoms with Gasteiger partial charge in [-0.2, -0.15) is 0 Å². The first-order chi connectivity index (χ1) is 24.8. The third-order valence-electron chi connectivity index (χ3n) is 8.45. The number of aliphatic hydroxyl groups is 5. The zero-order valence-electron chi connectivity index (χ0n) is 31.3. The van der Waals surface area contributed by atoms with Gasteiger partial charge in [0.2, 0.25) is 5.91 Å². The summed E-state index contributed by atoms with van der Waals surface area (Å²) < 4.78 is 11.1. The lowest BCUT2D eigenvalue weighted by Crippen LogP contribution is -2.60. The molecule has 1 fully saturated rings. The van der Waals surface area contributed by atoms with E-state index in [-0.39, 0.29) is 12.5 Å². The van der Waals surface area contributed by atoms with Crippen LogP contribution < -0.4 is 5.32 Å². The fraction of sp³-hybridized carbons (Fsp3) is 0.643. The Morgan fingerprint density at radius 1 is 0.686 bits per heavy atom. The molecule has 0 bridgehead atoms. The van der Waals surface area contributed by atoms with Crippen LogP contribution in [0.4, 0.5) is 0 Å². The Balaban J connectivity index is 2.45. The molecule has 0 aromatic carbocycles. The largest absolute Gasteiger partial charge is 0.394 e. The summed E-state index contributed by atoms with van der Waals surface area (Å²) in [6, 6.07) is -0.841. The van der Waals surface area contributed by atoms with Crippen molar-refractivity contribution in [3.63, 3.8) is 0 Å². The summed E-state index contributed by atoms with van der Waals surface area (Å²) in [5.41, 5.74) is 0. The van der Waals surface area contributed by atoms with E-state index in [2.05, 4.69) is 92.1 Å². The lowest BCUT2D eigenvalue weighted by Gasteiger charge is -2.40. The summed E-state index contributed by atoms with van der Waals surface area (Å²) in [6.45, 7) is 3.52. The van der Waals surface area contributed by atoms with Gasteiger partial charge in [0.1, 0.15) is 24.4 Å². The third kappa shape index (κ3) is 23.5. The molecule has 1 saturated heterocycles. The summed E-state index contributed by atoms with van der Waals surface area (Å²) in [4.78, 5) is 12.8. The molecule has 0 saturated carbocycles. The summed E-state index contributed by atoms with van der Waals surface area (Å²) >= 11 is 0. The second-order valence-electron chi connectivity index (χ2n) is 13.0.